The number of anilines is 1. The molecule has 0 radical (unpaired) electrons. The molecule has 2 N–H and O–H groups in total. The predicted molar refractivity (Wildman–Crippen MR) is 93.2 cm³/mol. The van der Waals surface area contributed by atoms with Crippen LogP contribution in [0.5, 0.6) is 5.75 Å². The Balaban J connectivity index is 1.96. The van der Waals surface area contributed by atoms with Gasteiger partial charge in [0.05, 0.1) is 6.21 Å². The highest BCUT2D eigenvalue weighted by Gasteiger charge is 2.04. The van der Waals surface area contributed by atoms with E-state index in [1.807, 2.05) is 24.3 Å². The highest BCUT2D eigenvalue weighted by molar-refractivity contribution is 5.95. The molecule has 1 amide bonds. The molecule has 0 aliphatic heterocycles. The maximum absolute atomic E-state index is 11.9. The van der Waals surface area contributed by atoms with Crippen molar-refractivity contribution in [3.63, 3.8) is 0 Å². The number of benzene rings is 2. The number of hydrogen-bond donors (Lipinski definition) is 2. The van der Waals surface area contributed by atoms with Crippen molar-refractivity contribution in [2.24, 2.45) is 5.10 Å². The van der Waals surface area contributed by atoms with E-state index >= 15 is 0 Å². The van der Waals surface area contributed by atoms with E-state index in [4.69, 9.17) is 0 Å². The maximum atomic E-state index is 11.9. The van der Waals surface area contributed by atoms with Crippen LogP contribution in [0, 0.1) is 0 Å². The van der Waals surface area contributed by atoms with Gasteiger partial charge in [0.2, 0.25) is 0 Å². The molecule has 0 saturated carbocycles. The molecular formula is C18H21N3O2. The summed E-state index contributed by atoms with van der Waals surface area (Å²) in [6.45, 7) is 6.17. The van der Waals surface area contributed by atoms with Gasteiger partial charge >= 0.3 is 0 Å². The number of carbonyl (C=O) groups is 1. The third kappa shape index (κ3) is 4.57. The average Bonchev–Trinajstić information content (AvgIpc) is 2.57. The Morgan fingerprint density at radius 2 is 1.87 bits per heavy atom. The number of amides is 1. The molecule has 0 bridgehead atoms. The van der Waals surface area contributed by atoms with Gasteiger partial charge in [0.1, 0.15) is 5.75 Å². The molecule has 5 heteroatoms. The highest BCUT2D eigenvalue weighted by atomic mass is 16.3. The lowest BCUT2D eigenvalue weighted by Gasteiger charge is -2.20. The molecule has 0 aliphatic rings. The summed E-state index contributed by atoms with van der Waals surface area (Å²) in [4.78, 5) is 14.1. The van der Waals surface area contributed by atoms with E-state index in [9.17, 15) is 9.90 Å². The van der Waals surface area contributed by atoms with Crippen molar-refractivity contribution >= 4 is 17.8 Å². The minimum Gasteiger partial charge on any atom is -0.508 e. The molecule has 0 heterocycles. The van der Waals surface area contributed by atoms with E-state index in [1.165, 1.54) is 12.1 Å². The number of rotatable bonds is 6. The van der Waals surface area contributed by atoms with Gasteiger partial charge < -0.3 is 10.0 Å². The number of aromatic hydroxyl groups is 1. The monoisotopic (exact) mass is 311 g/mol. The molecule has 5 nitrogen and oxygen atoms in total. The van der Waals surface area contributed by atoms with E-state index in [-0.39, 0.29) is 11.7 Å². The summed E-state index contributed by atoms with van der Waals surface area (Å²) in [5.74, 6) is -0.314. The lowest BCUT2D eigenvalue weighted by Crippen LogP contribution is -2.21. The van der Waals surface area contributed by atoms with Gasteiger partial charge in [-0.1, -0.05) is 18.2 Å². The van der Waals surface area contributed by atoms with Crippen molar-refractivity contribution < 1.29 is 9.90 Å². The van der Waals surface area contributed by atoms with Crippen LogP contribution in [0.4, 0.5) is 5.69 Å². The van der Waals surface area contributed by atoms with Crippen LogP contribution in [0.25, 0.3) is 0 Å². The summed E-state index contributed by atoms with van der Waals surface area (Å²) in [7, 11) is 0. The van der Waals surface area contributed by atoms with Crippen LogP contribution >= 0.6 is 0 Å². The van der Waals surface area contributed by atoms with Crippen molar-refractivity contribution in [3.8, 4) is 5.75 Å². The molecule has 0 aliphatic carbocycles. The minimum atomic E-state index is -0.364. The summed E-state index contributed by atoms with van der Waals surface area (Å²) in [5, 5.41) is 13.3. The van der Waals surface area contributed by atoms with Crippen LogP contribution in [-0.4, -0.2) is 30.3 Å². The Labute approximate surface area is 136 Å². The van der Waals surface area contributed by atoms with Crippen LogP contribution in [0.2, 0.25) is 0 Å². The normalized spacial score (nSPS) is 10.7. The van der Waals surface area contributed by atoms with Crippen LogP contribution in [0.1, 0.15) is 29.8 Å². The van der Waals surface area contributed by atoms with Crippen LogP contribution < -0.4 is 10.3 Å². The number of hydrazone groups is 1. The lowest BCUT2D eigenvalue weighted by atomic mass is 10.2. The largest absolute Gasteiger partial charge is 0.508 e. The first-order valence-corrected chi connectivity index (χ1v) is 7.61. The molecule has 0 atom stereocenters. The van der Waals surface area contributed by atoms with Crippen LogP contribution in [0.15, 0.2) is 53.6 Å². The van der Waals surface area contributed by atoms with Gasteiger partial charge in [-0.25, -0.2) is 5.43 Å². The summed E-state index contributed by atoms with van der Waals surface area (Å²) < 4.78 is 0. The molecule has 0 fully saturated rings. The smallest absolute Gasteiger partial charge is 0.271 e. The Hall–Kier alpha value is -2.82. The second kappa shape index (κ2) is 7.98. The fourth-order valence-corrected chi connectivity index (χ4v) is 2.24. The van der Waals surface area contributed by atoms with Crippen molar-refractivity contribution in [2.45, 2.75) is 13.8 Å². The Morgan fingerprint density at radius 1 is 1.17 bits per heavy atom. The van der Waals surface area contributed by atoms with Gasteiger partial charge in [-0.3, -0.25) is 4.79 Å². The molecule has 2 rings (SSSR count). The SMILES string of the molecule is CCN(CC)c1ccc(/C=N/NC(=O)c2cccc(O)c2)cc1. The molecule has 0 saturated heterocycles. The fraction of sp³-hybridized carbons (Fsp3) is 0.222. The molecule has 0 aromatic heterocycles. The van der Waals surface area contributed by atoms with Gasteiger partial charge in [0, 0.05) is 24.3 Å². The van der Waals surface area contributed by atoms with E-state index in [0.29, 0.717) is 5.56 Å². The number of phenols is 1. The number of nitrogens with zero attached hydrogens (tertiary/aromatic N) is 2. The average molecular weight is 311 g/mol. The number of hydrogen-bond acceptors (Lipinski definition) is 4. The lowest BCUT2D eigenvalue weighted by molar-refractivity contribution is 0.0954. The minimum absolute atomic E-state index is 0.0496. The zero-order valence-corrected chi connectivity index (χ0v) is 13.4. The number of phenolic OH excluding ortho intramolecular Hbond substituents is 1. The second-order valence-corrected chi connectivity index (χ2v) is 5.01. The second-order valence-electron chi connectivity index (χ2n) is 5.01. The van der Waals surface area contributed by atoms with Crippen molar-refractivity contribution in [1.82, 2.24) is 5.43 Å². The highest BCUT2D eigenvalue weighted by Crippen LogP contribution is 2.14. The van der Waals surface area contributed by atoms with E-state index in [0.717, 1.165) is 24.3 Å². The first kappa shape index (κ1) is 16.5. The van der Waals surface area contributed by atoms with Crippen molar-refractivity contribution in [2.75, 3.05) is 18.0 Å². The third-order valence-electron chi connectivity index (χ3n) is 3.51. The summed E-state index contributed by atoms with van der Waals surface area (Å²) in [5.41, 5.74) is 4.87. The predicted octanol–water partition coefficient (Wildman–Crippen LogP) is 3.00. The molecule has 120 valence electrons. The zero-order chi connectivity index (χ0) is 16.7. The molecule has 2 aromatic carbocycles. The molecular weight excluding hydrogens is 290 g/mol. The molecule has 0 spiro atoms. The summed E-state index contributed by atoms with van der Waals surface area (Å²) >= 11 is 0. The van der Waals surface area contributed by atoms with Crippen LogP contribution in [0.3, 0.4) is 0 Å². The summed E-state index contributed by atoms with van der Waals surface area (Å²) in [6, 6.07) is 14.1. The maximum Gasteiger partial charge on any atom is 0.271 e. The van der Waals surface area contributed by atoms with Gasteiger partial charge in [-0.15, -0.1) is 0 Å². The first-order chi connectivity index (χ1) is 11.1. The fourth-order valence-electron chi connectivity index (χ4n) is 2.24. The number of nitrogens with one attached hydrogen (secondary N) is 1. The Bertz CT molecular complexity index is 677. The van der Waals surface area contributed by atoms with Crippen molar-refractivity contribution in [1.29, 1.82) is 0 Å². The third-order valence-corrected chi connectivity index (χ3v) is 3.51. The Morgan fingerprint density at radius 3 is 2.48 bits per heavy atom. The van der Waals surface area contributed by atoms with Crippen LogP contribution in [-0.2, 0) is 0 Å². The molecule has 0 unspecified atom stereocenters. The van der Waals surface area contributed by atoms with Gasteiger partial charge in [-0.2, -0.15) is 5.10 Å². The van der Waals surface area contributed by atoms with E-state index in [1.54, 1.807) is 18.3 Å². The summed E-state index contributed by atoms with van der Waals surface area (Å²) in [6.07, 6.45) is 1.59. The van der Waals surface area contributed by atoms with E-state index in [2.05, 4.69) is 29.3 Å². The molecule has 2 aromatic rings. The van der Waals surface area contributed by atoms with Gasteiger partial charge in [0.15, 0.2) is 0 Å². The van der Waals surface area contributed by atoms with Gasteiger partial charge in [-0.05, 0) is 49.7 Å². The van der Waals surface area contributed by atoms with Gasteiger partial charge in [0.25, 0.3) is 5.91 Å². The molecule has 23 heavy (non-hydrogen) atoms. The van der Waals surface area contributed by atoms with Crippen molar-refractivity contribution in [3.05, 3.63) is 59.7 Å². The first-order valence-electron chi connectivity index (χ1n) is 7.61. The topological polar surface area (TPSA) is 64.9 Å². The zero-order valence-electron chi connectivity index (χ0n) is 13.4. The Kier molecular flexibility index (Phi) is 5.74. The quantitative estimate of drug-likeness (QED) is 0.636. The number of carbonyl (C=O) groups excluding carboxylic acids is 1. The van der Waals surface area contributed by atoms with E-state index < -0.39 is 0 Å². The standard InChI is InChI=1S/C18H21N3O2/c1-3-21(4-2)16-10-8-14(9-11-16)13-19-20-18(23)15-6-5-7-17(22)12-15/h5-13,22H,3-4H2,1-2H3,(H,20,23)/b19-13+.